The quantitative estimate of drug-likeness (QED) is 0.658. The van der Waals surface area contributed by atoms with Crippen molar-refractivity contribution in [2.45, 2.75) is 33.3 Å². The van der Waals surface area contributed by atoms with E-state index in [1.54, 1.807) is 24.3 Å². The maximum Gasteiger partial charge on any atom is 0.255 e. The second-order valence-electron chi connectivity index (χ2n) is 7.31. The lowest BCUT2D eigenvalue weighted by molar-refractivity contribution is 0.102. The second-order valence-corrected chi connectivity index (χ2v) is 7.31. The summed E-state index contributed by atoms with van der Waals surface area (Å²) in [6.45, 7) is 6.35. The van der Waals surface area contributed by atoms with Crippen LogP contribution >= 0.6 is 0 Å². The van der Waals surface area contributed by atoms with Crippen molar-refractivity contribution in [2.75, 3.05) is 23.3 Å². The summed E-state index contributed by atoms with van der Waals surface area (Å²) in [5.41, 5.74) is 4.36. The second kappa shape index (κ2) is 8.39. The molecule has 29 heavy (non-hydrogen) atoms. The van der Waals surface area contributed by atoms with E-state index in [9.17, 15) is 4.79 Å². The van der Waals surface area contributed by atoms with Crippen LogP contribution in [0.1, 0.15) is 40.2 Å². The smallest absolute Gasteiger partial charge is 0.255 e. The molecule has 2 aromatic carbocycles. The number of rotatable bonds is 6. The molecule has 3 aromatic rings. The lowest BCUT2D eigenvalue weighted by Crippen LogP contribution is -2.17. The number of ether oxygens (including phenoxy) is 1. The molecule has 150 valence electrons. The Labute approximate surface area is 170 Å². The van der Waals surface area contributed by atoms with Crippen molar-refractivity contribution >= 4 is 17.3 Å². The molecule has 0 unspecified atom stereocenters. The molecule has 1 aliphatic heterocycles. The van der Waals surface area contributed by atoms with Gasteiger partial charge in [-0.25, -0.2) is 0 Å². The number of nitrogens with one attached hydrogen (secondary N) is 1. The zero-order valence-corrected chi connectivity index (χ0v) is 16.8. The Hall–Kier alpha value is -3.28. The summed E-state index contributed by atoms with van der Waals surface area (Å²) in [6, 6.07) is 15.1. The third-order valence-electron chi connectivity index (χ3n) is 5.28. The normalized spacial score (nSPS) is 13.5. The van der Waals surface area contributed by atoms with Crippen LogP contribution in [0.5, 0.6) is 5.75 Å². The first-order valence-electron chi connectivity index (χ1n) is 9.91. The lowest BCUT2D eigenvalue weighted by Gasteiger charge is -2.17. The molecule has 0 aliphatic carbocycles. The molecule has 1 saturated heterocycles. The topological polar surface area (TPSA) is 67.6 Å². The van der Waals surface area contributed by atoms with E-state index < -0.39 is 0 Å². The molecule has 0 saturated carbocycles. The minimum atomic E-state index is -0.142. The fraction of sp³-hybridized carbons (Fsp3) is 0.304. The van der Waals surface area contributed by atoms with Gasteiger partial charge in [-0.05, 0) is 75.2 Å². The SMILES string of the molecule is Cc1noc(C)c1COc1ccc(C(=O)Nc2ccc(N3CCCC3)cc2)cc1. The predicted molar refractivity (Wildman–Crippen MR) is 113 cm³/mol. The van der Waals surface area contributed by atoms with Gasteiger partial charge in [0.2, 0.25) is 0 Å². The van der Waals surface area contributed by atoms with Crippen LogP contribution in [0.2, 0.25) is 0 Å². The Bertz CT molecular complexity index is 952. The van der Waals surface area contributed by atoms with E-state index in [-0.39, 0.29) is 5.91 Å². The van der Waals surface area contributed by atoms with E-state index in [4.69, 9.17) is 9.26 Å². The number of carbonyl (C=O) groups is 1. The molecular weight excluding hydrogens is 366 g/mol. The van der Waals surface area contributed by atoms with Crippen molar-refractivity contribution in [1.82, 2.24) is 5.16 Å². The number of amides is 1. The number of nitrogens with zero attached hydrogens (tertiary/aromatic N) is 2. The minimum Gasteiger partial charge on any atom is -0.489 e. The van der Waals surface area contributed by atoms with Gasteiger partial charge in [-0.1, -0.05) is 5.16 Å². The molecule has 0 bridgehead atoms. The summed E-state index contributed by atoms with van der Waals surface area (Å²) in [5.74, 6) is 1.31. The molecule has 4 rings (SSSR count). The maximum atomic E-state index is 12.5. The number of aromatic nitrogens is 1. The van der Waals surface area contributed by atoms with E-state index in [0.29, 0.717) is 17.9 Å². The largest absolute Gasteiger partial charge is 0.489 e. The summed E-state index contributed by atoms with van der Waals surface area (Å²) >= 11 is 0. The fourth-order valence-electron chi connectivity index (χ4n) is 3.50. The summed E-state index contributed by atoms with van der Waals surface area (Å²) in [5, 5.41) is 6.87. The summed E-state index contributed by atoms with van der Waals surface area (Å²) < 4.78 is 10.9. The van der Waals surface area contributed by atoms with E-state index >= 15 is 0 Å². The number of aryl methyl sites for hydroxylation is 2. The summed E-state index contributed by atoms with van der Waals surface area (Å²) in [6.07, 6.45) is 2.49. The molecule has 1 amide bonds. The van der Waals surface area contributed by atoms with Gasteiger partial charge in [0.25, 0.3) is 5.91 Å². The predicted octanol–water partition coefficient (Wildman–Crippen LogP) is 4.72. The van der Waals surface area contributed by atoms with Crippen molar-refractivity contribution in [3.05, 3.63) is 71.1 Å². The molecule has 0 atom stereocenters. The van der Waals surface area contributed by atoms with Crippen molar-refractivity contribution in [3.63, 3.8) is 0 Å². The first-order valence-corrected chi connectivity index (χ1v) is 9.91. The van der Waals surface area contributed by atoms with Gasteiger partial charge in [0.15, 0.2) is 0 Å². The Balaban J connectivity index is 1.34. The van der Waals surface area contributed by atoms with Gasteiger partial charge >= 0.3 is 0 Å². The molecule has 1 fully saturated rings. The van der Waals surface area contributed by atoms with Gasteiger partial charge in [0, 0.05) is 30.0 Å². The van der Waals surface area contributed by atoms with Crippen LogP contribution in [0.3, 0.4) is 0 Å². The fourth-order valence-corrected chi connectivity index (χ4v) is 3.50. The van der Waals surface area contributed by atoms with Gasteiger partial charge in [-0.3, -0.25) is 4.79 Å². The minimum absolute atomic E-state index is 0.142. The van der Waals surface area contributed by atoms with Crippen LogP contribution in [0.15, 0.2) is 53.1 Å². The average Bonchev–Trinajstić information content (AvgIpc) is 3.38. The van der Waals surface area contributed by atoms with Crippen LogP contribution < -0.4 is 15.0 Å². The maximum absolute atomic E-state index is 12.5. The van der Waals surface area contributed by atoms with Crippen LogP contribution in [0.4, 0.5) is 11.4 Å². The first kappa shape index (κ1) is 19.1. The van der Waals surface area contributed by atoms with Gasteiger partial charge in [-0.15, -0.1) is 0 Å². The van der Waals surface area contributed by atoms with Gasteiger partial charge in [0.05, 0.1) is 11.3 Å². The number of hydrogen-bond donors (Lipinski definition) is 1. The van der Waals surface area contributed by atoms with Crippen LogP contribution in [0, 0.1) is 13.8 Å². The molecule has 0 radical (unpaired) electrons. The zero-order valence-electron chi connectivity index (χ0n) is 16.8. The molecular formula is C23H25N3O3. The highest BCUT2D eigenvalue weighted by Crippen LogP contribution is 2.23. The van der Waals surface area contributed by atoms with Gasteiger partial charge in [0.1, 0.15) is 18.1 Å². The van der Waals surface area contributed by atoms with Crippen LogP contribution in [0.25, 0.3) is 0 Å². The van der Waals surface area contributed by atoms with Crippen molar-refractivity contribution in [1.29, 1.82) is 0 Å². The highest BCUT2D eigenvalue weighted by atomic mass is 16.5. The van der Waals surface area contributed by atoms with E-state index in [1.165, 1.54) is 18.5 Å². The zero-order chi connectivity index (χ0) is 20.2. The van der Waals surface area contributed by atoms with Crippen molar-refractivity contribution in [3.8, 4) is 5.75 Å². The van der Waals surface area contributed by atoms with Crippen molar-refractivity contribution in [2.24, 2.45) is 0 Å². The number of hydrogen-bond acceptors (Lipinski definition) is 5. The van der Waals surface area contributed by atoms with Crippen LogP contribution in [-0.4, -0.2) is 24.2 Å². The van der Waals surface area contributed by atoms with E-state index in [2.05, 4.69) is 27.5 Å². The van der Waals surface area contributed by atoms with E-state index in [0.717, 1.165) is 35.8 Å². The summed E-state index contributed by atoms with van der Waals surface area (Å²) in [7, 11) is 0. The molecule has 2 heterocycles. The van der Waals surface area contributed by atoms with Crippen LogP contribution in [-0.2, 0) is 6.61 Å². The lowest BCUT2D eigenvalue weighted by atomic mass is 10.2. The standard InChI is InChI=1S/C23H25N3O3/c1-16-22(17(2)29-25-16)15-28-21-11-5-18(6-12-21)23(27)24-19-7-9-20(10-8-19)26-13-3-4-14-26/h5-12H,3-4,13-15H2,1-2H3,(H,24,27). The Morgan fingerprint density at radius 3 is 2.38 bits per heavy atom. The molecule has 1 N–H and O–H groups in total. The third-order valence-corrected chi connectivity index (χ3v) is 5.28. The number of benzene rings is 2. The van der Waals surface area contributed by atoms with Gasteiger partial charge in [-0.2, -0.15) is 0 Å². The van der Waals surface area contributed by atoms with Crippen molar-refractivity contribution < 1.29 is 14.1 Å². The Kier molecular flexibility index (Phi) is 5.51. The number of anilines is 2. The molecule has 0 spiro atoms. The third kappa shape index (κ3) is 4.42. The highest BCUT2D eigenvalue weighted by molar-refractivity contribution is 6.04. The summed E-state index contributed by atoms with van der Waals surface area (Å²) in [4.78, 5) is 14.9. The Morgan fingerprint density at radius 2 is 1.76 bits per heavy atom. The molecule has 6 heteroatoms. The highest BCUT2D eigenvalue weighted by Gasteiger charge is 2.13. The number of carbonyl (C=O) groups excluding carboxylic acids is 1. The monoisotopic (exact) mass is 391 g/mol. The molecule has 6 nitrogen and oxygen atoms in total. The molecule has 1 aliphatic rings. The first-order chi connectivity index (χ1) is 14.1. The Morgan fingerprint density at radius 1 is 1.07 bits per heavy atom. The van der Waals surface area contributed by atoms with E-state index in [1.807, 2.05) is 26.0 Å². The molecule has 1 aromatic heterocycles. The average molecular weight is 391 g/mol. The van der Waals surface area contributed by atoms with Gasteiger partial charge < -0.3 is 19.5 Å².